The molecule has 0 fully saturated rings. The van der Waals surface area contributed by atoms with Crippen LogP contribution in [0, 0.1) is 13.8 Å². The molecular weight excluding hydrogens is 356 g/mol. The molecule has 1 aromatic heterocycles. The Morgan fingerprint density at radius 2 is 1.74 bits per heavy atom. The molecule has 1 heterocycles. The molecule has 0 amide bonds. The molecule has 5 heteroatoms. The fraction of sp³-hybridized carbons (Fsp3) is 0.227. The molecule has 2 aromatic carbocycles. The van der Waals surface area contributed by atoms with Gasteiger partial charge in [0.25, 0.3) is 5.56 Å². The molecule has 0 radical (unpaired) electrons. The first-order chi connectivity index (χ1) is 13.0. The van der Waals surface area contributed by atoms with E-state index in [1.807, 2.05) is 51.1 Å². The van der Waals surface area contributed by atoms with Crippen molar-refractivity contribution >= 4 is 17.5 Å². The average molecular weight is 378 g/mol. The van der Waals surface area contributed by atoms with Crippen molar-refractivity contribution in [1.29, 1.82) is 0 Å². The van der Waals surface area contributed by atoms with Crippen molar-refractivity contribution in [2.75, 3.05) is 5.75 Å². The quantitative estimate of drug-likeness (QED) is 0.387. The summed E-state index contributed by atoms with van der Waals surface area (Å²) in [6.45, 7) is 6.01. The second-order valence-corrected chi connectivity index (χ2v) is 7.47. The average Bonchev–Trinajstić information content (AvgIpc) is 2.65. The summed E-state index contributed by atoms with van der Waals surface area (Å²) in [5.74, 6) is 0.237. The molecule has 0 atom stereocenters. The SMILES string of the molecule is CCc1c(-c2cc(C)cc(C)c2)nc(SCC(=O)c2ccccc2)[nH]c1=O. The fourth-order valence-electron chi connectivity index (χ4n) is 3.06. The standard InChI is InChI=1S/C22H22N2O2S/c1-4-18-20(17-11-14(2)10-15(3)12-17)23-22(24-21(18)26)27-13-19(25)16-8-6-5-7-9-16/h5-12H,4,13H2,1-3H3,(H,23,24,26). The van der Waals surface area contributed by atoms with Gasteiger partial charge >= 0.3 is 0 Å². The normalized spacial score (nSPS) is 10.8. The van der Waals surface area contributed by atoms with Gasteiger partial charge in [-0.3, -0.25) is 9.59 Å². The van der Waals surface area contributed by atoms with Crippen LogP contribution in [0.3, 0.4) is 0 Å². The van der Waals surface area contributed by atoms with Crippen LogP contribution < -0.4 is 5.56 Å². The molecule has 0 unspecified atom stereocenters. The molecule has 0 bridgehead atoms. The van der Waals surface area contributed by atoms with Gasteiger partial charge in [0.1, 0.15) is 0 Å². The molecule has 4 nitrogen and oxygen atoms in total. The molecule has 3 rings (SSSR count). The van der Waals surface area contributed by atoms with E-state index in [1.165, 1.54) is 11.8 Å². The zero-order valence-electron chi connectivity index (χ0n) is 15.7. The van der Waals surface area contributed by atoms with Crippen LogP contribution in [0.2, 0.25) is 0 Å². The summed E-state index contributed by atoms with van der Waals surface area (Å²) in [4.78, 5) is 32.4. The van der Waals surface area contributed by atoms with Crippen molar-refractivity contribution in [3.63, 3.8) is 0 Å². The highest BCUT2D eigenvalue weighted by molar-refractivity contribution is 7.99. The number of nitrogens with zero attached hydrogens (tertiary/aromatic N) is 1. The maximum absolute atomic E-state index is 12.6. The number of hydrogen-bond acceptors (Lipinski definition) is 4. The number of hydrogen-bond donors (Lipinski definition) is 1. The molecule has 0 aliphatic rings. The summed E-state index contributed by atoms with van der Waals surface area (Å²) in [5, 5.41) is 0.468. The topological polar surface area (TPSA) is 62.8 Å². The van der Waals surface area contributed by atoms with Gasteiger partial charge in [-0.2, -0.15) is 0 Å². The van der Waals surface area contributed by atoms with E-state index in [4.69, 9.17) is 0 Å². The second-order valence-electron chi connectivity index (χ2n) is 6.51. The van der Waals surface area contributed by atoms with Crippen LogP contribution in [-0.4, -0.2) is 21.5 Å². The molecule has 0 saturated heterocycles. The summed E-state index contributed by atoms with van der Waals surface area (Å²) in [7, 11) is 0. The predicted molar refractivity (Wildman–Crippen MR) is 111 cm³/mol. The lowest BCUT2D eigenvalue weighted by molar-refractivity contribution is 0.102. The van der Waals surface area contributed by atoms with Crippen molar-refractivity contribution < 1.29 is 4.79 Å². The Kier molecular flexibility index (Phi) is 5.91. The molecule has 27 heavy (non-hydrogen) atoms. The number of aromatic nitrogens is 2. The van der Waals surface area contributed by atoms with Gasteiger partial charge in [0.15, 0.2) is 10.9 Å². The summed E-state index contributed by atoms with van der Waals surface area (Å²) >= 11 is 1.26. The Morgan fingerprint density at radius 1 is 1.07 bits per heavy atom. The minimum Gasteiger partial charge on any atom is -0.301 e. The highest BCUT2D eigenvalue weighted by Gasteiger charge is 2.14. The maximum Gasteiger partial charge on any atom is 0.255 e. The molecular formula is C22H22N2O2S. The van der Waals surface area contributed by atoms with E-state index in [9.17, 15) is 9.59 Å². The number of nitrogens with one attached hydrogen (secondary N) is 1. The predicted octanol–water partition coefficient (Wildman–Crippen LogP) is 4.59. The third-order valence-corrected chi connectivity index (χ3v) is 5.15. The van der Waals surface area contributed by atoms with E-state index in [2.05, 4.69) is 16.0 Å². The smallest absolute Gasteiger partial charge is 0.255 e. The third kappa shape index (κ3) is 4.55. The lowest BCUT2D eigenvalue weighted by Gasteiger charge is -2.11. The van der Waals surface area contributed by atoms with Gasteiger partial charge in [-0.1, -0.05) is 66.2 Å². The third-order valence-electron chi connectivity index (χ3n) is 4.28. The molecule has 1 N–H and O–H groups in total. The number of carbonyl (C=O) groups is 1. The Morgan fingerprint density at radius 3 is 2.37 bits per heavy atom. The molecule has 0 spiro atoms. The van der Waals surface area contributed by atoms with Crippen LogP contribution in [0.5, 0.6) is 0 Å². The number of thioether (sulfide) groups is 1. The van der Waals surface area contributed by atoms with Crippen molar-refractivity contribution in [1.82, 2.24) is 9.97 Å². The minimum atomic E-state index is -0.142. The number of carbonyl (C=O) groups excluding carboxylic acids is 1. The number of aromatic amines is 1. The van der Waals surface area contributed by atoms with Gasteiger partial charge in [-0.05, 0) is 32.4 Å². The number of H-pyrrole nitrogens is 1. The van der Waals surface area contributed by atoms with Crippen LogP contribution in [0.1, 0.15) is 34.0 Å². The van der Waals surface area contributed by atoms with E-state index >= 15 is 0 Å². The lowest BCUT2D eigenvalue weighted by Crippen LogP contribution is -2.17. The number of aryl methyl sites for hydroxylation is 2. The van der Waals surface area contributed by atoms with Crippen LogP contribution in [0.4, 0.5) is 0 Å². The zero-order valence-corrected chi connectivity index (χ0v) is 16.5. The summed E-state index contributed by atoms with van der Waals surface area (Å²) < 4.78 is 0. The van der Waals surface area contributed by atoms with E-state index in [0.29, 0.717) is 28.4 Å². The minimum absolute atomic E-state index is 0.00997. The van der Waals surface area contributed by atoms with E-state index in [0.717, 1.165) is 16.7 Å². The van der Waals surface area contributed by atoms with Gasteiger partial charge in [-0.25, -0.2) is 4.98 Å². The Bertz CT molecular complexity index is 1010. The Hall–Kier alpha value is -2.66. The van der Waals surface area contributed by atoms with Crippen molar-refractivity contribution in [2.45, 2.75) is 32.3 Å². The van der Waals surface area contributed by atoms with Crippen LogP contribution in [0.15, 0.2) is 58.5 Å². The van der Waals surface area contributed by atoms with E-state index in [1.54, 1.807) is 12.1 Å². The van der Waals surface area contributed by atoms with Gasteiger partial charge in [-0.15, -0.1) is 0 Å². The number of benzene rings is 2. The first kappa shape index (κ1) is 19.1. The largest absolute Gasteiger partial charge is 0.301 e. The number of Topliss-reactive ketones (excluding diaryl/α,β-unsaturated/α-hetero) is 1. The first-order valence-corrected chi connectivity index (χ1v) is 9.89. The van der Waals surface area contributed by atoms with Gasteiger partial charge in [0, 0.05) is 16.7 Å². The molecule has 0 aliphatic carbocycles. The molecule has 138 valence electrons. The second kappa shape index (κ2) is 8.35. The number of ketones is 1. The molecule has 0 aliphatic heterocycles. The molecule has 3 aromatic rings. The first-order valence-electron chi connectivity index (χ1n) is 8.91. The fourth-order valence-corrected chi connectivity index (χ4v) is 3.82. The molecule has 0 saturated carbocycles. The van der Waals surface area contributed by atoms with Gasteiger partial charge in [0.2, 0.25) is 0 Å². The lowest BCUT2D eigenvalue weighted by atomic mass is 10.0. The monoisotopic (exact) mass is 378 g/mol. The van der Waals surface area contributed by atoms with Crippen LogP contribution in [0.25, 0.3) is 11.3 Å². The van der Waals surface area contributed by atoms with E-state index in [-0.39, 0.29) is 17.1 Å². The van der Waals surface area contributed by atoms with Crippen LogP contribution in [-0.2, 0) is 6.42 Å². The maximum atomic E-state index is 12.6. The van der Waals surface area contributed by atoms with Crippen molar-refractivity contribution in [2.24, 2.45) is 0 Å². The van der Waals surface area contributed by atoms with Gasteiger partial charge < -0.3 is 4.98 Å². The van der Waals surface area contributed by atoms with Crippen molar-refractivity contribution in [3.05, 3.63) is 81.1 Å². The summed E-state index contributed by atoms with van der Waals surface area (Å²) in [6, 6.07) is 15.3. The van der Waals surface area contributed by atoms with Crippen LogP contribution >= 0.6 is 11.8 Å². The zero-order chi connectivity index (χ0) is 19.4. The summed E-state index contributed by atoms with van der Waals surface area (Å²) in [5.41, 5.74) is 5.07. The highest BCUT2D eigenvalue weighted by atomic mass is 32.2. The van der Waals surface area contributed by atoms with Crippen molar-refractivity contribution in [3.8, 4) is 11.3 Å². The highest BCUT2D eigenvalue weighted by Crippen LogP contribution is 2.25. The van der Waals surface area contributed by atoms with Gasteiger partial charge in [0.05, 0.1) is 11.4 Å². The summed E-state index contributed by atoms with van der Waals surface area (Å²) in [6.07, 6.45) is 0.596. The Labute approximate surface area is 163 Å². The van der Waals surface area contributed by atoms with E-state index < -0.39 is 0 Å². The number of rotatable bonds is 6. The Balaban J connectivity index is 1.92.